The van der Waals surface area contributed by atoms with E-state index >= 15 is 0 Å². The van der Waals surface area contributed by atoms with Gasteiger partial charge < -0.3 is 10.6 Å². The van der Waals surface area contributed by atoms with Gasteiger partial charge in [0.1, 0.15) is 6.04 Å². The van der Waals surface area contributed by atoms with E-state index in [1.54, 1.807) is 0 Å². The maximum atomic E-state index is 11.4. The molecule has 2 aliphatic rings. The minimum atomic E-state index is -0.315. The fourth-order valence-corrected chi connectivity index (χ4v) is 2.11. The molecule has 2 rings (SSSR count). The number of hydrogen-bond acceptors (Lipinski definition) is 3. The third kappa shape index (κ3) is 1.96. The van der Waals surface area contributed by atoms with Crippen molar-refractivity contribution in [2.45, 2.75) is 25.4 Å². The van der Waals surface area contributed by atoms with Crippen molar-refractivity contribution < 1.29 is 9.59 Å². The molecule has 1 saturated heterocycles. The van der Waals surface area contributed by atoms with Gasteiger partial charge in [-0.25, -0.2) is 0 Å². The lowest BCUT2D eigenvalue weighted by Crippen LogP contribution is -2.43. The van der Waals surface area contributed by atoms with E-state index in [0.717, 1.165) is 6.42 Å². The van der Waals surface area contributed by atoms with E-state index in [0.29, 0.717) is 17.7 Å². The second-order valence-corrected chi connectivity index (χ2v) is 4.62. The first kappa shape index (κ1) is 8.87. The van der Waals surface area contributed by atoms with Gasteiger partial charge in [0.15, 0.2) is 0 Å². The van der Waals surface area contributed by atoms with Crippen LogP contribution in [0.15, 0.2) is 0 Å². The molecule has 2 amide bonds. The molecule has 3 unspecified atom stereocenters. The smallest absolute Gasteiger partial charge is 0.279 e. The number of amides is 2. The zero-order chi connectivity index (χ0) is 9.42. The Balaban J connectivity index is 1.80. The molecule has 1 aliphatic heterocycles. The average molecular weight is 200 g/mol. The van der Waals surface area contributed by atoms with Gasteiger partial charge in [-0.2, -0.15) is 0 Å². The summed E-state index contributed by atoms with van der Waals surface area (Å²) in [4.78, 5) is 22.2. The molecule has 5 heteroatoms. The van der Waals surface area contributed by atoms with Crippen molar-refractivity contribution in [3.05, 3.63) is 0 Å². The zero-order valence-corrected chi connectivity index (χ0v) is 8.19. The molecule has 1 saturated carbocycles. The van der Waals surface area contributed by atoms with Crippen molar-refractivity contribution in [3.63, 3.8) is 0 Å². The molecule has 3 atom stereocenters. The van der Waals surface area contributed by atoms with E-state index in [1.165, 1.54) is 11.8 Å². The van der Waals surface area contributed by atoms with Crippen LogP contribution >= 0.6 is 11.8 Å². The fraction of sp³-hybridized carbons (Fsp3) is 0.750. The second kappa shape index (κ2) is 3.21. The summed E-state index contributed by atoms with van der Waals surface area (Å²) in [5, 5.41) is 5.42. The molecule has 1 heterocycles. The summed E-state index contributed by atoms with van der Waals surface area (Å²) in [6.07, 6.45) is 1.07. The normalized spacial score (nSPS) is 37.0. The van der Waals surface area contributed by atoms with Gasteiger partial charge in [-0.15, -0.1) is 0 Å². The van der Waals surface area contributed by atoms with E-state index in [9.17, 15) is 9.59 Å². The molecule has 2 N–H and O–H groups in total. The molecule has 0 spiro atoms. The maximum Gasteiger partial charge on any atom is 0.279 e. The summed E-state index contributed by atoms with van der Waals surface area (Å²) in [6.45, 7) is 2.10. The molecule has 72 valence electrons. The van der Waals surface area contributed by atoms with Crippen molar-refractivity contribution in [1.29, 1.82) is 0 Å². The fourth-order valence-electron chi connectivity index (χ4n) is 1.33. The SMILES string of the molecule is CC1CC1NC(=O)C1CSC(=O)N1. The van der Waals surface area contributed by atoms with Gasteiger partial charge in [-0.3, -0.25) is 9.59 Å². The Morgan fingerprint density at radius 3 is 2.85 bits per heavy atom. The van der Waals surface area contributed by atoms with Gasteiger partial charge in [0.05, 0.1) is 0 Å². The lowest BCUT2D eigenvalue weighted by molar-refractivity contribution is -0.122. The number of nitrogens with one attached hydrogen (secondary N) is 2. The van der Waals surface area contributed by atoms with Crippen LogP contribution in [0.25, 0.3) is 0 Å². The average Bonchev–Trinajstić information content (AvgIpc) is 2.62. The van der Waals surface area contributed by atoms with Crippen LogP contribution in [-0.4, -0.2) is 29.0 Å². The van der Waals surface area contributed by atoms with Crippen LogP contribution in [-0.2, 0) is 4.79 Å². The van der Waals surface area contributed by atoms with Crippen LogP contribution in [0.2, 0.25) is 0 Å². The highest BCUT2D eigenvalue weighted by Gasteiger charge is 2.37. The Labute approximate surface area is 80.8 Å². The molecule has 0 radical (unpaired) electrons. The molecule has 1 aliphatic carbocycles. The van der Waals surface area contributed by atoms with Crippen molar-refractivity contribution in [3.8, 4) is 0 Å². The first-order chi connectivity index (χ1) is 6.16. The Morgan fingerprint density at radius 2 is 2.38 bits per heavy atom. The van der Waals surface area contributed by atoms with Crippen molar-refractivity contribution >= 4 is 22.9 Å². The van der Waals surface area contributed by atoms with Crippen molar-refractivity contribution in [1.82, 2.24) is 10.6 Å². The standard InChI is InChI=1S/C8H12N2O2S/c1-4-2-5(4)9-7(11)6-3-13-8(12)10-6/h4-6H,2-3H2,1H3,(H,9,11)(H,10,12). The third-order valence-corrected chi connectivity index (χ3v) is 3.31. The lowest BCUT2D eigenvalue weighted by Gasteiger charge is -2.09. The number of rotatable bonds is 2. The third-order valence-electron chi connectivity index (χ3n) is 2.43. The lowest BCUT2D eigenvalue weighted by atomic mass is 10.3. The highest BCUT2D eigenvalue weighted by molar-refractivity contribution is 8.14. The Kier molecular flexibility index (Phi) is 2.19. The summed E-state index contributed by atoms with van der Waals surface area (Å²) >= 11 is 1.17. The summed E-state index contributed by atoms with van der Waals surface area (Å²) in [5.41, 5.74) is 0. The van der Waals surface area contributed by atoms with E-state index in [1.807, 2.05) is 0 Å². The summed E-state index contributed by atoms with van der Waals surface area (Å²) in [7, 11) is 0. The molecule has 2 fully saturated rings. The Bertz CT molecular complexity index is 257. The molecule has 0 aromatic heterocycles. The van der Waals surface area contributed by atoms with Crippen LogP contribution in [0, 0.1) is 5.92 Å². The van der Waals surface area contributed by atoms with Gasteiger partial charge in [-0.05, 0) is 12.3 Å². The predicted molar refractivity (Wildman–Crippen MR) is 50.5 cm³/mol. The van der Waals surface area contributed by atoms with Crippen molar-refractivity contribution in [2.75, 3.05) is 5.75 Å². The van der Waals surface area contributed by atoms with E-state index in [4.69, 9.17) is 0 Å². The summed E-state index contributed by atoms with van der Waals surface area (Å²) < 4.78 is 0. The van der Waals surface area contributed by atoms with Crippen LogP contribution in [0.4, 0.5) is 4.79 Å². The topological polar surface area (TPSA) is 58.2 Å². The summed E-state index contributed by atoms with van der Waals surface area (Å²) in [5.74, 6) is 1.13. The minimum absolute atomic E-state index is 0.0345. The highest BCUT2D eigenvalue weighted by atomic mass is 32.2. The summed E-state index contributed by atoms with van der Waals surface area (Å²) in [6, 6.07) is 0.0281. The van der Waals surface area contributed by atoms with Gasteiger partial charge >= 0.3 is 0 Å². The monoisotopic (exact) mass is 200 g/mol. The van der Waals surface area contributed by atoms with E-state index in [2.05, 4.69) is 17.6 Å². The predicted octanol–water partition coefficient (Wildman–Crippen LogP) is 0.336. The molecule has 0 aromatic carbocycles. The minimum Gasteiger partial charge on any atom is -0.351 e. The Morgan fingerprint density at radius 1 is 1.69 bits per heavy atom. The van der Waals surface area contributed by atoms with Crippen LogP contribution < -0.4 is 10.6 Å². The Hall–Kier alpha value is -0.710. The molecule has 0 bridgehead atoms. The number of carbonyl (C=O) groups excluding carboxylic acids is 2. The maximum absolute atomic E-state index is 11.4. The van der Waals surface area contributed by atoms with Gasteiger partial charge in [0, 0.05) is 11.8 Å². The number of carbonyl (C=O) groups is 2. The molecule has 4 nitrogen and oxygen atoms in total. The van der Waals surface area contributed by atoms with E-state index < -0.39 is 0 Å². The van der Waals surface area contributed by atoms with Gasteiger partial charge in [0.25, 0.3) is 5.24 Å². The molecule has 13 heavy (non-hydrogen) atoms. The molecular formula is C8H12N2O2S. The molecule has 0 aromatic rings. The van der Waals surface area contributed by atoms with Gasteiger partial charge in [0.2, 0.25) is 5.91 Å². The van der Waals surface area contributed by atoms with Crippen LogP contribution in [0.1, 0.15) is 13.3 Å². The molecular weight excluding hydrogens is 188 g/mol. The zero-order valence-electron chi connectivity index (χ0n) is 7.37. The van der Waals surface area contributed by atoms with Crippen LogP contribution in [0.3, 0.4) is 0 Å². The van der Waals surface area contributed by atoms with Crippen molar-refractivity contribution in [2.24, 2.45) is 5.92 Å². The first-order valence-electron chi connectivity index (χ1n) is 4.40. The largest absolute Gasteiger partial charge is 0.351 e. The van der Waals surface area contributed by atoms with Gasteiger partial charge in [-0.1, -0.05) is 18.7 Å². The second-order valence-electron chi connectivity index (χ2n) is 3.62. The number of hydrogen-bond donors (Lipinski definition) is 2. The van der Waals surface area contributed by atoms with E-state index in [-0.39, 0.29) is 17.2 Å². The number of thioether (sulfide) groups is 1. The first-order valence-corrected chi connectivity index (χ1v) is 5.39. The highest BCUT2D eigenvalue weighted by Crippen LogP contribution is 2.29. The van der Waals surface area contributed by atoms with Crippen LogP contribution in [0.5, 0.6) is 0 Å². The quantitative estimate of drug-likeness (QED) is 0.675.